The number of hydrogen-bond donors (Lipinski definition) is 1. The lowest BCUT2D eigenvalue weighted by Crippen LogP contribution is -2.26. The Kier molecular flexibility index (Phi) is 6.29. The van der Waals surface area contributed by atoms with Gasteiger partial charge in [0.05, 0.1) is 17.4 Å². The third-order valence-corrected chi connectivity index (χ3v) is 7.91. The fraction of sp³-hybridized carbons (Fsp3) is 0.125. The molecule has 1 atom stereocenters. The highest BCUT2D eigenvalue weighted by Gasteiger charge is 2.17. The first kappa shape index (κ1) is 23.2. The Morgan fingerprint density at radius 2 is 1.62 bits per heavy atom. The molecule has 3 aromatic carbocycles. The summed E-state index contributed by atoms with van der Waals surface area (Å²) in [6.45, 7) is 2.02. The van der Waals surface area contributed by atoms with E-state index in [4.69, 9.17) is 4.98 Å². The maximum atomic E-state index is 13.0. The molecule has 1 unspecified atom stereocenters. The fourth-order valence-corrected chi connectivity index (χ4v) is 5.85. The van der Waals surface area contributed by atoms with Gasteiger partial charge in [-0.15, -0.1) is 11.3 Å². The van der Waals surface area contributed by atoms with Crippen LogP contribution in [0.3, 0.4) is 0 Å². The third-order valence-electron chi connectivity index (χ3n) is 6.74. The van der Waals surface area contributed by atoms with Gasteiger partial charge in [-0.1, -0.05) is 78.9 Å². The number of benzene rings is 3. The molecule has 0 aliphatic carbocycles. The Hall–Kier alpha value is -4.22. The van der Waals surface area contributed by atoms with Crippen molar-refractivity contribution in [3.05, 3.63) is 121 Å². The van der Waals surface area contributed by atoms with Crippen molar-refractivity contribution in [1.82, 2.24) is 14.7 Å². The normalized spacial score (nSPS) is 12.1. The maximum absolute atomic E-state index is 13.0. The second kappa shape index (κ2) is 10.0. The molecule has 0 bridgehead atoms. The first-order chi connectivity index (χ1) is 18.2. The van der Waals surface area contributed by atoms with E-state index in [1.807, 2.05) is 55.5 Å². The first-order valence-electron chi connectivity index (χ1n) is 12.6. The molecule has 1 amide bonds. The van der Waals surface area contributed by atoms with E-state index in [2.05, 4.69) is 70.5 Å². The second-order valence-electron chi connectivity index (χ2n) is 9.27. The number of hydrogen-bond acceptors (Lipinski definition) is 3. The lowest BCUT2D eigenvalue weighted by molar-refractivity contribution is -0.121. The molecule has 37 heavy (non-hydrogen) atoms. The smallest absolute Gasteiger partial charge is 0.220 e. The zero-order valence-corrected chi connectivity index (χ0v) is 21.4. The molecule has 6 aromatic rings. The van der Waals surface area contributed by atoms with Crippen molar-refractivity contribution in [2.45, 2.75) is 25.8 Å². The summed E-state index contributed by atoms with van der Waals surface area (Å²) in [5, 5.41) is 4.40. The van der Waals surface area contributed by atoms with Gasteiger partial charge in [0.2, 0.25) is 5.91 Å². The molecule has 0 aliphatic heterocycles. The summed E-state index contributed by atoms with van der Waals surface area (Å²) in [4.78, 5) is 19.2. The van der Waals surface area contributed by atoms with Crippen molar-refractivity contribution in [2.75, 3.05) is 0 Å². The largest absolute Gasteiger partial charge is 0.350 e. The zero-order chi connectivity index (χ0) is 25.2. The monoisotopic (exact) mass is 501 g/mol. The minimum atomic E-state index is -0.0379. The van der Waals surface area contributed by atoms with Crippen molar-refractivity contribution in [2.24, 2.45) is 0 Å². The van der Waals surface area contributed by atoms with Gasteiger partial charge in [0.25, 0.3) is 0 Å². The Morgan fingerprint density at radius 3 is 2.41 bits per heavy atom. The number of pyridine rings is 1. The molecule has 0 radical (unpaired) electrons. The Labute approximate surface area is 220 Å². The minimum absolute atomic E-state index is 0.0333. The number of aryl methyl sites for hydroxylation is 1. The van der Waals surface area contributed by atoms with Crippen LogP contribution >= 0.6 is 11.3 Å². The summed E-state index contributed by atoms with van der Waals surface area (Å²) in [6.07, 6.45) is 3.14. The fourth-order valence-electron chi connectivity index (χ4n) is 4.80. The van der Waals surface area contributed by atoms with Crippen LogP contribution in [0.1, 0.15) is 30.6 Å². The third kappa shape index (κ3) is 4.78. The SMILES string of the molecule is CC(NC(=O)CCc1c(-c2ccccc2)nc2ccc(-c3cc4ccccc4s3)cn12)c1ccccc1. The molecule has 0 aliphatic rings. The lowest BCUT2D eigenvalue weighted by atomic mass is 10.1. The molecule has 0 spiro atoms. The maximum Gasteiger partial charge on any atom is 0.220 e. The Balaban J connectivity index is 1.33. The van der Waals surface area contributed by atoms with Gasteiger partial charge in [-0.3, -0.25) is 4.79 Å². The van der Waals surface area contributed by atoms with Gasteiger partial charge >= 0.3 is 0 Å². The number of imidazole rings is 1. The average molecular weight is 502 g/mol. The van der Waals surface area contributed by atoms with Crippen LogP contribution in [-0.2, 0) is 11.2 Å². The first-order valence-corrected chi connectivity index (χ1v) is 13.4. The number of amides is 1. The van der Waals surface area contributed by atoms with Crippen LogP contribution in [0, 0.1) is 0 Å². The number of carbonyl (C=O) groups is 1. The van der Waals surface area contributed by atoms with Gasteiger partial charge < -0.3 is 9.72 Å². The Morgan fingerprint density at radius 1 is 0.892 bits per heavy atom. The standard InChI is InChI=1S/C32H27N3OS/c1-22(23-10-4-2-5-11-23)33-31(36)19-17-27-32(24-12-6-3-7-13-24)34-30-18-16-26(21-35(27)30)29-20-25-14-8-9-15-28(25)37-29/h2-16,18,20-22H,17,19H2,1H3,(H,33,36). The van der Waals surface area contributed by atoms with E-state index < -0.39 is 0 Å². The van der Waals surface area contributed by atoms with Gasteiger partial charge in [-0.2, -0.15) is 0 Å². The summed E-state index contributed by atoms with van der Waals surface area (Å²) >= 11 is 1.79. The molecular weight excluding hydrogens is 474 g/mol. The van der Waals surface area contributed by atoms with E-state index >= 15 is 0 Å². The molecule has 5 heteroatoms. The Bertz CT molecular complexity index is 1650. The predicted octanol–water partition coefficient (Wildman–Crippen LogP) is 7.69. The summed E-state index contributed by atoms with van der Waals surface area (Å²) in [5.74, 6) is 0.0333. The molecule has 182 valence electrons. The zero-order valence-electron chi connectivity index (χ0n) is 20.6. The van der Waals surface area contributed by atoms with Crippen molar-refractivity contribution in [3.8, 4) is 21.7 Å². The average Bonchev–Trinajstić information content (AvgIpc) is 3.54. The molecular formula is C32H27N3OS. The van der Waals surface area contributed by atoms with Gasteiger partial charge in [0.15, 0.2) is 0 Å². The van der Waals surface area contributed by atoms with Crippen molar-refractivity contribution in [3.63, 3.8) is 0 Å². The second-order valence-corrected chi connectivity index (χ2v) is 10.4. The quantitative estimate of drug-likeness (QED) is 0.244. The number of carbonyl (C=O) groups excluding carboxylic acids is 1. The molecule has 0 fully saturated rings. The van der Waals surface area contributed by atoms with E-state index in [1.165, 1.54) is 15.0 Å². The van der Waals surface area contributed by atoms with Crippen molar-refractivity contribution >= 4 is 33.0 Å². The topological polar surface area (TPSA) is 46.4 Å². The lowest BCUT2D eigenvalue weighted by Gasteiger charge is -2.14. The van der Waals surface area contributed by atoms with Crippen LogP contribution in [0.4, 0.5) is 0 Å². The molecule has 0 saturated carbocycles. The van der Waals surface area contributed by atoms with Gasteiger partial charge in [0.1, 0.15) is 5.65 Å². The number of rotatable bonds is 7. The molecule has 1 N–H and O–H groups in total. The molecule has 6 rings (SSSR count). The van der Waals surface area contributed by atoms with Crippen LogP contribution in [0.5, 0.6) is 0 Å². The molecule has 3 heterocycles. The molecule has 0 saturated heterocycles. The van der Waals surface area contributed by atoms with Gasteiger partial charge in [-0.05, 0) is 48.6 Å². The molecule has 3 aromatic heterocycles. The van der Waals surface area contributed by atoms with E-state index in [1.54, 1.807) is 11.3 Å². The number of aromatic nitrogens is 2. The van der Waals surface area contributed by atoms with Crippen LogP contribution in [0.15, 0.2) is 109 Å². The number of fused-ring (bicyclic) bond motifs is 2. The van der Waals surface area contributed by atoms with Crippen LogP contribution in [0.2, 0.25) is 0 Å². The van der Waals surface area contributed by atoms with E-state index in [9.17, 15) is 4.79 Å². The number of thiophene rings is 1. The van der Waals surface area contributed by atoms with Crippen molar-refractivity contribution < 1.29 is 4.79 Å². The van der Waals surface area contributed by atoms with E-state index in [0.29, 0.717) is 12.8 Å². The number of nitrogens with zero attached hydrogens (tertiary/aromatic N) is 2. The predicted molar refractivity (Wildman–Crippen MR) is 153 cm³/mol. The summed E-state index contributed by atoms with van der Waals surface area (Å²) < 4.78 is 3.44. The van der Waals surface area contributed by atoms with Crippen molar-refractivity contribution in [1.29, 1.82) is 0 Å². The highest BCUT2D eigenvalue weighted by Crippen LogP contribution is 2.34. The van der Waals surface area contributed by atoms with E-state index in [-0.39, 0.29) is 11.9 Å². The summed E-state index contributed by atoms with van der Waals surface area (Å²) in [5.41, 5.74) is 6.17. The molecule has 4 nitrogen and oxygen atoms in total. The van der Waals surface area contributed by atoms with Crippen LogP contribution in [0.25, 0.3) is 37.4 Å². The minimum Gasteiger partial charge on any atom is -0.350 e. The van der Waals surface area contributed by atoms with E-state index in [0.717, 1.165) is 33.7 Å². The number of nitrogens with one attached hydrogen (secondary N) is 1. The van der Waals surface area contributed by atoms with Gasteiger partial charge in [-0.25, -0.2) is 4.98 Å². The summed E-state index contributed by atoms with van der Waals surface area (Å²) in [7, 11) is 0. The van der Waals surface area contributed by atoms with Crippen LogP contribution in [-0.4, -0.2) is 15.3 Å². The highest BCUT2D eigenvalue weighted by molar-refractivity contribution is 7.22. The van der Waals surface area contributed by atoms with Gasteiger partial charge in [0, 0.05) is 33.3 Å². The highest BCUT2D eigenvalue weighted by atomic mass is 32.1. The van der Waals surface area contributed by atoms with Crippen LogP contribution < -0.4 is 5.32 Å². The summed E-state index contributed by atoms with van der Waals surface area (Å²) in [6, 6.07) is 35.2.